The molecule has 116 valence electrons. The first-order valence-electron chi connectivity index (χ1n) is 7.27. The van der Waals surface area contributed by atoms with Crippen molar-refractivity contribution in [1.29, 1.82) is 0 Å². The van der Waals surface area contributed by atoms with Crippen LogP contribution in [0.2, 0.25) is 0 Å². The molecule has 0 aliphatic carbocycles. The minimum Gasteiger partial charge on any atom is -0.397 e. The van der Waals surface area contributed by atoms with E-state index in [1.54, 1.807) is 0 Å². The van der Waals surface area contributed by atoms with Crippen LogP contribution in [0.1, 0.15) is 13.3 Å². The first-order valence-corrected chi connectivity index (χ1v) is 7.27. The van der Waals surface area contributed by atoms with Crippen molar-refractivity contribution in [3.63, 3.8) is 0 Å². The van der Waals surface area contributed by atoms with Crippen molar-refractivity contribution in [2.75, 3.05) is 44.3 Å². The van der Waals surface area contributed by atoms with E-state index >= 15 is 0 Å². The summed E-state index contributed by atoms with van der Waals surface area (Å²) in [7, 11) is 2.11. The lowest BCUT2D eigenvalue weighted by Gasteiger charge is -2.38. The smallest absolute Gasteiger partial charge is 0.238 e. The van der Waals surface area contributed by atoms with Crippen molar-refractivity contribution in [3.05, 3.63) is 24.0 Å². The SMILES string of the molecule is CCC1CN(CC(=O)Nc2cc(F)ccc2N)CCN1C. The maximum Gasteiger partial charge on any atom is 0.238 e. The summed E-state index contributed by atoms with van der Waals surface area (Å²) in [5.41, 5.74) is 6.44. The van der Waals surface area contributed by atoms with Crippen LogP contribution in [0.4, 0.5) is 15.8 Å². The predicted molar refractivity (Wildman–Crippen MR) is 82.6 cm³/mol. The molecule has 1 aromatic rings. The van der Waals surface area contributed by atoms with Gasteiger partial charge >= 0.3 is 0 Å². The van der Waals surface area contributed by atoms with Crippen LogP contribution in [0.3, 0.4) is 0 Å². The maximum atomic E-state index is 13.2. The van der Waals surface area contributed by atoms with Gasteiger partial charge in [-0.15, -0.1) is 0 Å². The Bertz CT molecular complexity index is 508. The van der Waals surface area contributed by atoms with Gasteiger partial charge in [0.15, 0.2) is 0 Å². The summed E-state index contributed by atoms with van der Waals surface area (Å²) in [6, 6.07) is 4.45. The van der Waals surface area contributed by atoms with E-state index in [1.807, 2.05) is 0 Å². The van der Waals surface area contributed by atoms with Gasteiger partial charge in [0, 0.05) is 25.7 Å². The second-order valence-electron chi connectivity index (χ2n) is 5.56. The number of amides is 1. The van der Waals surface area contributed by atoms with Crippen molar-refractivity contribution in [3.8, 4) is 0 Å². The van der Waals surface area contributed by atoms with Crippen LogP contribution in [0, 0.1) is 5.82 Å². The number of nitrogens with one attached hydrogen (secondary N) is 1. The number of hydrogen-bond donors (Lipinski definition) is 2. The Hall–Kier alpha value is -1.66. The number of halogens is 1. The Kier molecular flexibility index (Phi) is 5.14. The van der Waals surface area contributed by atoms with Crippen LogP contribution in [-0.2, 0) is 4.79 Å². The standard InChI is InChI=1S/C15H23FN4O/c1-3-12-9-20(7-6-19(12)2)10-15(21)18-14-8-11(16)4-5-13(14)17/h4-5,8,12H,3,6-7,9-10,17H2,1-2H3,(H,18,21). The number of carbonyl (C=O) groups excluding carboxylic acids is 1. The Morgan fingerprint density at radius 2 is 2.24 bits per heavy atom. The number of nitrogen functional groups attached to an aromatic ring is 1. The topological polar surface area (TPSA) is 61.6 Å². The monoisotopic (exact) mass is 294 g/mol. The lowest BCUT2D eigenvalue weighted by atomic mass is 10.1. The first kappa shape index (κ1) is 15.7. The summed E-state index contributed by atoms with van der Waals surface area (Å²) in [5, 5.41) is 2.68. The quantitative estimate of drug-likeness (QED) is 0.824. The van der Waals surface area contributed by atoms with Crippen LogP contribution in [0.5, 0.6) is 0 Å². The molecular weight excluding hydrogens is 271 g/mol. The van der Waals surface area contributed by atoms with Crippen LogP contribution in [0.25, 0.3) is 0 Å². The third-order valence-corrected chi connectivity index (χ3v) is 3.99. The van der Waals surface area contributed by atoms with Crippen molar-refractivity contribution >= 4 is 17.3 Å². The number of anilines is 2. The van der Waals surface area contributed by atoms with Gasteiger partial charge in [0.2, 0.25) is 5.91 Å². The minimum atomic E-state index is -0.412. The second-order valence-corrected chi connectivity index (χ2v) is 5.56. The highest BCUT2D eigenvalue weighted by atomic mass is 19.1. The summed E-state index contributed by atoms with van der Waals surface area (Å²) in [6.45, 7) is 5.14. The Morgan fingerprint density at radius 3 is 2.95 bits per heavy atom. The van der Waals surface area contributed by atoms with Gasteiger partial charge in [-0.3, -0.25) is 9.69 Å². The maximum absolute atomic E-state index is 13.2. The second kappa shape index (κ2) is 6.87. The third kappa shape index (κ3) is 4.15. The lowest BCUT2D eigenvalue weighted by Crippen LogP contribution is -2.52. The predicted octanol–water partition coefficient (Wildman–Crippen LogP) is 1.37. The Morgan fingerprint density at radius 1 is 1.48 bits per heavy atom. The zero-order valence-corrected chi connectivity index (χ0v) is 12.6. The molecule has 1 aromatic carbocycles. The molecule has 1 unspecified atom stereocenters. The van der Waals surface area contributed by atoms with E-state index < -0.39 is 5.82 Å². The lowest BCUT2D eigenvalue weighted by molar-refractivity contribution is -0.118. The number of rotatable bonds is 4. The normalized spacial score (nSPS) is 20.4. The zero-order valence-electron chi connectivity index (χ0n) is 12.6. The molecular formula is C15H23FN4O. The van der Waals surface area contributed by atoms with Gasteiger partial charge in [0.05, 0.1) is 17.9 Å². The molecule has 21 heavy (non-hydrogen) atoms. The summed E-state index contributed by atoms with van der Waals surface area (Å²) in [5.74, 6) is -0.572. The van der Waals surface area contributed by atoms with Crippen LogP contribution >= 0.6 is 0 Å². The van der Waals surface area contributed by atoms with E-state index in [-0.39, 0.29) is 5.91 Å². The van der Waals surface area contributed by atoms with Gasteiger partial charge in [-0.1, -0.05) is 6.92 Å². The number of nitrogens with zero attached hydrogens (tertiary/aromatic N) is 2. The molecule has 1 aliphatic rings. The molecule has 1 saturated heterocycles. The average molecular weight is 294 g/mol. The summed E-state index contributed by atoms with van der Waals surface area (Å²) in [6.07, 6.45) is 1.06. The van der Waals surface area contributed by atoms with E-state index in [0.29, 0.717) is 24.0 Å². The van der Waals surface area contributed by atoms with E-state index in [9.17, 15) is 9.18 Å². The molecule has 0 aromatic heterocycles. The molecule has 2 rings (SSSR count). The molecule has 1 fully saturated rings. The number of likely N-dealkylation sites (N-methyl/N-ethyl adjacent to an activating group) is 1. The van der Waals surface area contributed by atoms with Crippen LogP contribution < -0.4 is 11.1 Å². The van der Waals surface area contributed by atoms with Crippen molar-refractivity contribution in [2.24, 2.45) is 0 Å². The molecule has 6 heteroatoms. The van der Waals surface area contributed by atoms with E-state index in [4.69, 9.17) is 5.73 Å². The molecule has 0 spiro atoms. The Balaban J connectivity index is 1.91. The fourth-order valence-electron chi connectivity index (χ4n) is 2.62. The number of piperazine rings is 1. The molecule has 0 saturated carbocycles. The summed E-state index contributed by atoms with van der Waals surface area (Å²) < 4.78 is 13.2. The van der Waals surface area contributed by atoms with Crippen LogP contribution in [0.15, 0.2) is 18.2 Å². The van der Waals surface area contributed by atoms with Crippen molar-refractivity contribution < 1.29 is 9.18 Å². The van der Waals surface area contributed by atoms with Gasteiger partial charge < -0.3 is 16.0 Å². The number of benzene rings is 1. The van der Waals surface area contributed by atoms with Gasteiger partial charge in [-0.05, 0) is 31.7 Å². The number of hydrogen-bond acceptors (Lipinski definition) is 4. The zero-order chi connectivity index (χ0) is 15.4. The first-order chi connectivity index (χ1) is 9.99. The molecule has 3 N–H and O–H groups in total. The third-order valence-electron chi connectivity index (χ3n) is 3.99. The van der Waals surface area contributed by atoms with Gasteiger partial charge in [-0.2, -0.15) is 0 Å². The molecule has 1 heterocycles. The highest BCUT2D eigenvalue weighted by Crippen LogP contribution is 2.19. The number of carbonyl (C=O) groups is 1. The molecule has 5 nitrogen and oxygen atoms in total. The Labute approximate surface area is 124 Å². The molecule has 1 amide bonds. The average Bonchev–Trinajstić information content (AvgIpc) is 2.45. The fraction of sp³-hybridized carbons (Fsp3) is 0.533. The largest absolute Gasteiger partial charge is 0.397 e. The van der Waals surface area contributed by atoms with Crippen LogP contribution in [-0.4, -0.2) is 55.0 Å². The van der Waals surface area contributed by atoms with E-state index in [0.717, 1.165) is 26.1 Å². The summed E-state index contributed by atoms with van der Waals surface area (Å²) >= 11 is 0. The highest BCUT2D eigenvalue weighted by molar-refractivity contribution is 5.95. The molecule has 1 aliphatic heterocycles. The molecule has 1 atom stereocenters. The fourth-order valence-corrected chi connectivity index (χ4v) is 2.62. The minimum absolute atomic E-state index is 0.160. The van der Waals surface area contributed by atoms with Gasteiger partial charge in [0.25, 0.3) is 0 Å². The summed E-state index contributed by atoms with van der Waals surface area (Å²) in [4.78, 5) is 16.5. The van der Waals surface area contributed by atoms with Gasteiger partial charge in [-0.25, -0.2) is 4.39 Å². The molecule has 0 radical (unpaired) electrons. The van der Waals surface area contributed by atoms with E-state index in [1.165, 1.54) is 18.2 Å². The van der Waals surface area contributed by atoms with E-state index in [2.05, 4.69) is 29.1 Å². The highest BCUT2D eigenvalue weighted by Gasteiger charge is 2.24. The van der Waals surface area contributed by atoms with Crippen molar-refractivity contribution in [1.82, 2.24) is 9.80 Å². The van der Waals surface area contributed by atoms with Gasteiger partial charge in [0.1, 0.15) is 5.82 Å². The molecule has 0 bridgehead atoms. The number of nitrogens with two attached hydrogens (primary N) is 1. The van der Waals surface area contributed by atoms with Crippen molar-refractivity contribution in [2.45, 2.75) is 19.4 Å².